The lowest BCUT2D eigenvalue weighted by molar-refractivity contribution is 0.599. The van der Waals surface area contributed by atoms with Gasteiger partial charge in [0.15, 0.2) is 0 Å². The highest BCUT2D eigenvalue weighted by Crippen LogP contribution is 2.26. The molecule has 0 saturated heterocycles. The van der Waals surface area contributed by atoms with E-state index in [4.69, 9.17) is 0 Å². The summed E-state index contributed by atoms with van der Waals surface area (Å²) in [7, 11) is -3.69. The number of aryl methyl sites for hydroxylation is 1. The second kappa shape index (κ2) is 7.05. The van der Waals surface area contributed by atoms with Crippen LogP contribution >= 0.6 is 0 Å². The molecule has 0 amide bonds. The van der Waals surface area contributed by atoms with Crippen molar-refractivity contribution in [2.45, 2.75) is 12.7 Å². The molecule has 0 radical (unpaired) electrons. The van der Waals surface area contributed by atoms with Gasteiger partial charge in [0.1, 0.15) is 5.82 Å². The van der Waals surface area contributed by atoms with Gasteiger partial charge in [-0.1, -0.05) is 24.3 Å². The fourth-order valence-electron chi connectivity index (χ4n) is 3.07. The predicted octanol–water partition coefficient (Wildman–Crippen LogP) is 3.79. The highest BCUT2D eigenvalue weighted by molar-refractivity contribution is 7.91. The Morgan fingerprint density at radius 1 is 1.11 bits per heavy atom. The average Bonchev–Trinajstić information content (AvgIpc) is 2.98. The Bertz CT molecular complexity index is 1270. The molecule has 8 heteroatoms. The van der Waals surface area contributed by atoms with E-state index in [1.165, 1.54) is 18.2 Å². The van der Waals surface area contributed by atoms with Gasteiger partial charge in [-0.05, 0) is 42.8 Å². The molecule has 2 heterocycles. The second-order valence-corrected chi connectivity index (χ2v) is 8.13. The Morgan fingerprint density at radius 2 is 1.93 bits per heavy atom. The van der Waals surface area contributed by atoms with Crippen molar-refractivity contribution in [2.75, 3.05) is 4.72 Å². The number of sulfonamides is 1. The summed E-state index contributed by atoms with van der Waals surface area (Å²) in [6, 6.07) is 14.4. The number of imidazole rings is 1. The zero-order valence-corrected chi connectivity index (χ0v) is 15.8. The van der Waals surface area contributed by atoms with Gasteiger partial charge in [0, 0.05) is 29.3 Å². The number of hydrogen-bond acceptors (Lipinski definition) is 4. The quantitative estimate of drug-likeness (QED) is 0.557. The van der Waals surface area contributed by atoms with Crippen LogP contribution in [-0.4, -0.2) is 22.8 Å². The van der Waals surface area contributed by atoms with Gasteiger partial charge < -0.3 is 0 Å². The lowest BCUT2D eigenvalue weighted by atomic mass is 10.1. The highest BCUT2D eigenvalue weighted by atomic mass is 32.2. The lowest BCUT2D eigenvalue weighted by Gasteiger charge is -2.09. The minimum absolute atomic E-state index is 0.313. The first-order valence-corrected chi connectivity index (χ1v) is 10.2. The van der Waals surface area contributed by atoms with Crippen molar-refractivity contribution < 1.29 is 12.8 Å². The van der Waals surface area contributed by atoms with Crippen LogP contribution in [0, 0.1) is 12.7 Å². The smallest absolute Gasteiger partial charge is 0.236 e. The first-order valence-electron chi connectivity index (χ1n) is 8.56. The largest absolute Gasteiger partial charge is 0.288 e. The van der Waals surface area contributed by atoms with E-state index >= 15 is 0 Å². The van der Waals surface area contributed by atoms with Crippen molar-refractivity contribution >= 4 is 21.5 Å². The molecule has 0 saturated carbocycles. The topological polar surface area (TPSA) is 76.4 Å². The first-order chi connectivity index (χ1) is 13.4. The number of rotatable bonds is 5. The van der Waals surface area contributed by atoms with Crippen LogP contribution in [0.4, 0.5) is 10.1 Å². The van der Waals surface area contributed by atoms with Crippen molar-refractivity contribution in [1.82, 2.24) is 14.4 Å². The summed E-state index contributed by atoms with van der Waals surface area (Å²) in [4.78, 5) is 8.76. The SMILES string of the molecule is Cc1c(-c2cccc(NS(=O)(=O)Cc3cccc(F)c3)c2)nc2ncccn12. The Labute approximate surface area is 161 Å². The van der Waals surface area contributed by atoms with E-state index in [0.29, 0.717) is 17.0 Å². The summed E-state index contributed by atoms with van der Waals surface area (Å²) in [6.07, 6.45) is 3.54. The van der Waals surface area contributed by atoms with Crippen molar-refractivity contribution in [3.63, 3.8) is 0 Å². The van der Waals surface area contributed by atoms with Crippen LogP contribution in [0.25, 0.3) is 17.0 Å². The van der Waals surface area contributed by atoms with Gasteiger partial charge in [0.2, 0.25) is 15.8 Å². The molecule has 0 bridgehead atoms. The van der Waals surface area contributed by atoms with Crippen LogP contribution in [0.2, 0.25) is 0 Å². The van der Waals surface area contributed by atoms with E-state index in [-0.39, 0.29) is 5.75 Å². The summed E-state index contributed by atoms with van der Waals surface area (Å²) >= 11 is 0. The molecule has 1 N–H and O–H groups in total. The van der Waals surface area contributed by atoms with E-state index in [1.807, 2.05) is 29.7 Å². The van der Waals surface area contributed by atoms with Crippen LogP contribution in [0.3, 0.4) is 0 Å². The zero-order valence-electron chi connectivity index (χ0n) is 15.0. The maximum absolute atomic E-state index is 13.3. The van der Waals surface area contributed by atoms with Crippen molar-refractivity contribution in [3.05, 3.63) is 84.1 Å². The molecule has 0 aliphatic rings. The van der Waals surface area contributed by atoms with Gasteiger partial charge in [-0.3, -0.25) is 9.12 Å². The van der Waals surface area contributed by atoms with E-state index in [9.17, 15) is 12.8 Å². The molecule has 2 aromatic heterocycles. The number of nitrogens with zero attached hydrogens (tertiary/aromatic N) is 3. The normalized spacial score (nSPS) is 11.6. The monoisotopic (exact) mass is 396 g/mol. The number of halogens is 1. The molecule has 0 fully saturated rings. The third-order valence-corrected chi connectivity index (χ3v) is 5.56. The molecule has 2 aromatic carbocycles. The summed E-state index contributed by atoms with van der Waals surface area (Å²) in [5.41, 5.74) is 3.20. The number of benzene rings is 2. The fourth-order valence-corrected chi connectivity index (χ4v) is 4.24. The third-order valence-electron chi connectivity index (χ3n) is 4.30. The number of fused-ring (bicyclic) bond motifs is 1. The van der Waals surface area contributed by atoms with Crippen LogP contribution in [-0.2, 0) is 15.8 Å². The summed E-state index contributed by atoms with van der Waals surface area (Å²) in [5.74, 6) is -0.204. The summed E-state index contributed by atoms with van der Waals surface area (Å²) in [6.45, 7) is 1.93. The van der Waals surface area contributed by atoms with E-state index < -0.39 is 15.8 Å². The molecule has 0 spiro atoms. The third kappa shape index (κ3) is 3.72. The Hall–Kier alpha value is -3.26. The van der Waals surface area contributed by atoms with Gasteiger partial charge in [-0.2, -0.15) is 0 Å². The van der Waals surface area contributed by atoms with Gasteiger partial charge >= 0.3 is 0 Å². The zero-order chi connectivity index (χ0) is 19.7. The molecule has 0 aliphatic heterocycles. The molecule has 142 valence electrons. The molecule has 4 aromatic rings. The number of anilines is 1. The number of aromatic nitrogens is 3. The maximum Gasteiger partial charge on any atom is 0.236 e. The molecule has 6 nitrogen and oxygen atoms in total. The van der Waals surface area contributed by atoms with E-state index in [0.717, 1.165) is 17.0 Å². The minimum atomic E-state index is -3.69. The van der Waals surface area contributed by atoms with Gasteiger partial charge in [-0.25, -0.2) is 22.8 Å². The van der Waals surface area contributed by atoms with Gasteiger partial charge in [0.25, 0.3) is 0 Å². The second-order valence-electron chi connectivity index (χ2n) is 6.41. The minimum Gasteiger partial charge on any atom is -0.288 e. The standard InChI is InChI=1S/C20H17FN4O2S/c1-14-19(23-20-22-9-4-10-25(14)20)16-6-3-8-18(12-16)24-28(26,27)13-15-5-2-7-17(21)11-15/h2-12,24H,13H2,1H3. The average molecular weight is 396 g/mol. The molecule has 0 aliphatic carbocycles. The van der Waals surface area contributed by atoms with E-state index in [2.05, 4.69) is 14.7 Å². The van der Waals surface area contributed by atoms with Crippen LogP contribution in [0.1, 0.15) is 11.3 Å². The van der Waals surface area contributed by atoms with Crippen molar-refractivity contribution in [3.8, 4) is 11.3 Å². The predicted molar refractivity (Wildman–Crippen MR) is 106 cm³/mol. The van der Waals surface area contributed by atoms with E-state index in [1.54, 1.807) is 30.5 Å². The Balaban J connectivity index is 1.62. The molecule has 0 atom stereocenters. The van der Waals surface area contributed by atoms with Crippen LogP contribution in [0.15, 0.2) is 67.0 Å². The summed E-state index contributed by atoms with van der Waals surface area (Å²) < 4.78 is 42.7. The lowest BCUT2D eigenvalue weighted by Crippen LogP contribution is -2.15. The number of nitrogens with one attached hydrogen (secondary N) is 1. The first kappa shape index (κ1) is 18.1. The maximum atomic E-state index is 13.3. The van der Waals surface area contributed by atoms with Crippen molar-refractivity contribution in [2.24, 2.45) is 0 Å². The molecular weight excluding hydrogens is 379 g/mol. The van der Waals surface area contributed by atoms with Gasteiger partial charge in [0.05, 0.1) is 11.4 Å². The summed E-state index contributed by atoms with van der Waals surface area (Å²) in [5, 5.41) is 0. The Kier molecular flexibility index (Phi) is 4.56. The fraction of sp³-hybridized carbons (Fsp3) is 0.100. The van der Waals surface area contributed by atoms with Crippen molar-refractivity contribution in [1.29, 1.82) is 0 Å². The number of hydrogen-bond donors (Lipinski definition) is 1. The van der Waals surface area contributed by atoms with Crippen LogP contribution < -0.4 is 4.72 Å². The molecule has 28 heavy (non-hydrogen) atoms. The Morgan fingerprint density at radius 3 is 2.71 bits per heavy atom. The van der Waals surface area contributed by atoms with Crippen LogP contribution in [0.5, 0.6) is 0 Å². The molecule has 0 unspecified atom stereocenters. The van der Waals surface area contributed by atoms with Gasteiger partial charge in [-0.15, -0.1) is 0 Å². The highest BCUT2D eigenvalue weighted by Gasteiger charge is 2.15. The molecule has 4 rings (SSSR count). The molecular formula is C20H17FN4O2S.